The third kappa shape index (κ3) is 1.43. The summed E-state index contributed by atoms with van der Waals surface area (Å²) in [6, 6.07) is 0. The number of hydrogen-bond donors (Lipinski definition) is 1. The molecule has 0 amide bonds. The van der Waals surface area contributed by atoms with Crippen molar-refractivity contribution in [3.8, 4) is 0 Å². The summed E-state index contributed by atoms with van der Waals surface area (Å²) in [4.78, 5) is 24.7. The Morgan fingerprint density at radius 3 is 2.36 bits per heavy atom. The molecular weight excluding hydrogens is 180 g/mol. The summed E-state index contributed by atoms with van der Waals surface area (Å²) in [5.74, 6) is -0.407. The van der Waals surface area contributed by atoms with Gasteiger partial charge in [0.2, 0.25) is 11.6 Å². The van der Waals surface area contributed by atoms with E-state index < -0.39 is 0 Å². The van der Waals surface area contributed by atoms with Gasteiger partial charge in [0.15, 0.2) is 0 Å². The van der Waals surface area contributed by atoms with Crippen LogP contribution in [0.3, 0.4) is 0 Å². The standard InChI is InChI=1S/C10H12N2O2/c11-7-5-10(14)8(6-9(7)13)12-3-1-2-4-12/h5-6H,1-4,11H2. The largest absolute Gasteiger partial charge is 0.395 e. The van der Waals surface area contributed by atoms with Crippen LogP contribution in [0.4, 0.5) is 0 Å². The van der Waals surface area contributed by atoms with E-state index in [0.717, 1.165) is 25.9 Å². The van der Waals surface area contributed by atoms with E-state index in [1.54, 1.807) is 0 Å². The van der Waals surface area contributed by atoms with E-state index in [0.29, 0.717) is 5.70 Å². The van der Waals surface area contributed by atoms with Crippen LogP contribution in [0.2, 0.25) is 0 Å². The molecule has 1 aliphatic heterocycles. The fraction of sp³-hybridized carbons (Fsp3) is 0.400. The topological polar surface area (TPSA) is 63.4 Å². The highest BCUT2D eigenvalue weighted by molar-refractivity contribution is 6.19. The van der Waals surface area contributed by atoms with Crippen LogP contribution in [-0.4, -0.2) is 29.6 Å². The van der Waals surface area contributed by atoms with Crippen molar-refractivity contribution in [1.29, 1.82) is 0 Å². The van der Waals surface area contributed by atoms with Crippen LogP contribution < -0.4 is 5.73 Å². The van der Waals surface area contributed by atoms with Gasteiger partial charge in [-0.25, -0.2) is 0 Å². The third-order valence-corrected chi connectivity index (χ3v) is 2.54. The predicted molar refractivity (Wildman–Crippen MR) is 51.2 cm³/mol. The summed E-state index contributed by atoms with van der Waals surface area (Å²) in [6.07, 6.45) is 4.73. The molecule has 74 valence electrons. The van der Waals surface area contributed by atoms with E-state index >= 15 is 0 Å². The van der Waals surface area contributed by atoms with Gasteiger partial charge in [-0.3, -0.25) is 9.59 Å². The van der Waals surface area contributed by atoms with Crippen LogP contribution in [0.15, 0.2) is 23.5 Å². The lowest BCUT2D eigenvalue weighted by atomic mass is 10.1. The van der Waals surface area contributed by atoms with E-state index in [4.69, 9.17) is 5.73 Å². The minimum atomic E-state index is -0.258. The SMILES string of the molecule is NC1=CC(=O)C(N2CCCC2)=CC1=O. The Labute approximate surface area is 82.1 Å². The predicted octanol–water partition coefficient (Wildman–Crippen LogP) is -0.0395. The van der Waals surface area contributed by atoms with Crippen molar-refractivity contribution in [3.63, 3.8) is 0 Å². The van der Waals surface area contributed by atoms with Crippen molar-refractivity contribution in [2.45, 2.75) is 12.8 Å². The number of ketones is 2. The molecular formula is C10H12N2O2. The second-order valence-corrected chi connectivity index (χ2v) is 3.55. The van der Waals surface area contributed by atoms with Crippen LogP contribution in [0, 0.1) is 0 Å². The van der Waals surface area contributed by atoms with Gasteiger partial charge < -0.3 is 10.6 Å². The highest BCUT2D eigenvalue weighted by Gasteiger charge is 2.24. The quantitative estimate of drug-likeness (QED) is 0.592. The molecule has 4 nitrogen and oxygen atoms in total. The van der Waals surface area contributed by atoms with Crippen LogP contribution in [0.25, 0.3) is 0 Å². The van der Waals surface area contributed by atoms with E-state index in [1.165, 1.54) is 12.2 Å². The molecule has 2 rings (SSSR count). The van der Waals surface area contributed by atoms with Crippen LogP contribution in [-0.2, 0) is 9.59 Å². The van der Waals surface area contributed by atoms with Gasteiger partial charge in [0.1, 0.15) is 0 Å². The molecule has 0 saturated carbocycles. The molecule has 0 bridgehead atoms. The zero-order chi connectivity index (χ0) is 10.1. The smallest absolute Gasteiger partial charge is 0.204 e. The number of carbonyl (C=O) groups is 2. The van der Waals surface area contributed by atoms with Crippen molar-refractivity contribution in [2.24, 2.45) is 5.73 Å². The van der Waals surface area contributed by atoms with Crippen molar-refractivity contribution >= 4 is 11.6 Å². The summed E-state index contributed by atoms with van der Waals surface area (Å²) >= 11 is 0. The van der Waals surface area contributed by atoms with Crippen molar-refractivity contribution in [3.05, 3.63) is 23.5 Å². The van der Waals surface area contributed by atoms with Gasteiger partial charge in [0.05, 0.1) is 11.4 Å². The normalized spacial score (nSPS) is 22.4. The maximum Gasteiger partial charge on any atom is 0.204 e. The Morgan fingerprint density at radius 1 is 1.07 bits per heavy atom. The van der Waals surface area contributed by atoms with Gasteiger partial charge in [-0.1, -0.05) is 0 Å². The van der Waals surface area contributed by atoms with E-state index in [-0.39, 0.29) is 17.3 Å². The Morgan fingerprint density at radius 2 is 1.71 bits per heavy atom. The van der Waals surface area contributed by atoms with Gasteiger partial charge in [-0.15, -0.1) is 0 Å². The Kier molecular flexibility index (Phi) is 2.11. The molecule has 0 aromatic carbocycles. The van der Waals surface area contributed by atoms with E-state index in [2.05, 4.69) is 0 Å². The maximum atomic E-state index is 11.5. The lowest BCUT2D eigenvalue weighted by Gasteiger charge is -2.21. The van der Waals surface area contributed by atoms with Crippen molar-refractivity contribution in [1.82, 2.24) is 4.90 Å². The summed E-state index contributed by atoms with van der Waals surface area (Å²) in [6.45, 7) is 1.72. The second-order valence-electron chi connectivity index (χ2n) is 3.55. The number of rotatable bonds is 1. The first-order chi connectivity index (χ1) is 6.68. The lowest BCUT2D eigenvalue weighted by molar-refractivity contribution is -0.116. The molecule has 1 saturated heterocycles. The first-order valence-electron chi connectivity index (χ1n) is 4.71. The molecule has 2 aliphatic rings. The molecule has 1 aliphatic carbocycles. The highest BCUT2D eigenvalue weighted by Crippen LogP contribution is 2.18. The number of nitrogens with zero attached hydrogens (tertiary/aromatic N) is 1. The Bertz CT molecular complexity index is 349. The average Bonchev–Trinajstić information content (AvgIpc) is 2.64. The van der Waals surface area contributed by atoms with Crippen molar-refractivity contribution in [2.75, 3.05) is 13.1 Å². The molecule has 0 unspecified atom stereocenters. The van der Waals surface area contributed by atoms with Gasteiger partial charge in [-0.05, 0) is 12.8 Å². The number of nitrogens with two attached hydrogens (primary N) is 1. The first kappa shape index (κ1) is 8.99. The summed E-state index contributed by atoms with van der Waals surface area (Å²) in [7, 11) is 0. The Hall–Kier alpha value is -1.58. The van der Waals surface area contributed by atoms with E-state index in [1.807, 2.05) is 4.90 Å². The van der Waals surface area contributed by atoms with Crippen LogP contribution >= 0.6 is 0 Å². The van der Waals surface area contributed by atoms with Gasteiger partial charge in [0.25, 0.3) is 0 Å². The molecule has 1 heterocycles. The molecule has 0 radical (unpaired) electrons. The summed E-state index contributed by atoms with van der Waals surface area (Å²) in [5, 5.41) is 0. The van der Waals surface area contributed by atoms with Gasteiger partial charge >= 0.3 is 0 Å². The first-order valence-corrected chi connectivity index (χ1v) is 4.71. The molecule has 4 heteroatoms. The maximum absolute atomic E-state index is 11.5. The number of allylic oxidation sites excluding steroid dienone is 2. The van der Waals surface area contributed by atoms with Gasteiger partial charge in [0, 0.05) is 25.2 Å². The fourth-order valence-electron chi connectivity index (χ4n) is 1.77. The molecule has 0 aromatic heterocycles. The van der Waals surface area contributed by atoms with Crippen LogP contribution in [0.1, 0.15) is 12.8 Å². The lowest BCUT2D eigenvalue weighted by Crippen LogP contribution is -2.29. The monoisotopic (exact) mass is 192 g/mol. The van der Waals surface area contributed by atoms with Gasteiger partial charge in [-0.2, -0.15) is 0 Å². The Balaban J connectivity index is 2.23. The molecule has 0 spiro atoms. The second kappa shape index (κ2) is 3.29. The van der Waals surface area contributed by atoms with E-state index in [9.17, 15) is 9.59 Å². The van der Waals surface area contributed by atoms with Crippen LogP contribution in [0.5, 0.6) is 0 Å². The number of carbonyl (C=O) groups excluding carboxylic acids is 2. The summed E-state index contributed by atoms with van der Waals surface area (Å²) in [5.41, 5.74) is 5.90. The highest BCUT2D eigenvalue weighted by atomic mass is 16.1. The average molecular weight is 192 g/mol. The minimum Gasteiger partial charge on any atom is -0.395 e. The minimum absolute atomic E-state index is 0.0398. The number of likely N-dealkylation sites (tertiary alicyclic amines) is 1. The molecule has 0 aromatic rings. The summed E-state index contributed by atoms with van der Waals surface area (Å²) < 4.78 is 0. The molecule has 0 atom stereocenters. The molecule has 1 fully saturated rings. The third-order valence-electron chi connectivity index (χ3n) is 2.54. The van der Waals surface area contributed by atoms with Crippen molar-refractivity contribution < 1.29 is 9.59 Å². The zero-order valence-electron chi connectivity index (χ0n) is 7.82. The molecule has 14 heavy (non-hydrogen) atoms. The zero-order valence-corrected chi connectivity index (χ0v) is 7.82. The molecule has 2 N–H and O–H groups in total. The fourth-order valence-corrected chi connectivity index (χ4v) is 1.77. The number of hydrogen-bond acceptors (Lipinski definition) is 4.